The third-order valence-electron chi connectivity index (χ3n) is 2.69. The van der Waals surface area contributed by atoms with Gasteiger partial charge in [-0.3, -0.25) is 10.1 Å². The van der Waals surface area contributed by atoms with Gasteiger partial charge in [0.1, 0.15) is 5.82 Å². The van der Waals surface area contributed by atoms with Gasteiger partial charge in [-0.1, -0.05) is 18.2 Å². The van der Waals surface area contributed by atoms with Gasteiger partial charge in [0.15, 0.2) is 5.82 Å². The van der Waals surface area contributed by atoms with Crippen molar-refractivity contribution >= 4 is 5.69 Å². The van der Waals surface area contributed by atoms with Crippen LogP contribution >= 0.6 is 0 Å². The first-order chi connectivity index (χ1) is 9.42. The van der Waals surface area contributed by atoms with Crippen LogP contribution in [0.15, 0.2) is 54.9 Å². The van der Waals surface area contributed by atoms with E-state index in [-0.39, 0.29) is 0 Å². The van der Waals surface area contributed by atoms with Gasteiger partial charge < -0.3 is 5.32 Å². The van der Waals surface area contributed by atoms with Crippen LogP contribution in [0.3, 0.4) is 0 Å². The number of hydrogen-bond donors (Lipinski definition) is 2. The molecule has 1 aromatic carbocycles. The number of anilines is 1. The number of nitrogens with one attached hydrogen (secondary N) is 2. The largest absolute Gasteiger partial charge is 0.378 e. The van der Waals surface area contributed by atoms with Crippen molar-refractivity contribution in [2.45, 2.75) is 6.54 Å². The average Bonchev–Trinajstić information content (AvgIpc) is 2.96. The first-order valence-electron chi connectivity index (χ1n) is 6.02. The number of benzene rings is 1. The highest BCUT2D eigenvalue weighted by molar-refractivity contribution is 5.52. The summed E-state index contributed by atoms with van der Waals surface area (Å²) in [5, 5.41) is 10.4. The predicted octanol–water partition coefficient (Wildman–Crippen LogP) is 2.48. The summed E-state index contributed by atoms with van der Waals surface area (Å²) in [7, 11) is 0. The number of rotatable bonds is 4. The fraction of sp³-hybridized carbons (Fsp3) is 0.0714. The second-order valence-corrected chi connectivity index (χ2v) is 4.07. The van der Waals surface area contributed by atoms with E-state index in [0.29, 0.717) is 12.4 Å². The molecule has 0 spiro atoms. The zero-order valence-corrected chi connectivity index (χ0v) is 10.2. The Morgan fingerprint density at radius 2 is 1.95 bits per heavy atom. The minimum atomic E-state index is 0.608. The second kappa shape index (κ2) is 5.30. The molecule has 5 heteroatoms. The molecule has 3 aromatic rings. The van der Waals surface area contributed by atoms with Gasteiger partial charge in [-0.05, 0) is 24.3 Å². The van der Waals surface area contributed by atoms with Crippen LogP contribution in [-0.2, 0) is 6.54 Å². The molecule has 2 aromatic heterocycles. The number of H-pyrrole nitrogens is 1. The number of para-hydroxylation sites is 1. The lowest BCUT2D eigenvalue weighted by atomic mass is 10.3. The summed E-state index contributed by atoms with van der Waals surface area (Å²) in [6.07, 6.45) is 3.48. The van der Waals surface area contributed by atoms with Crippen LogP contribution in [0, 0.1) is 0 Å². The smallest absolute Gasteiger partial charge is 0.182 e. The van der Waals surface area contributed by atoms with E-state index >= 15 is 0 Å². The van der Waals surface area contributed by atoms with Crippen molar-refractivity contribution in [2.75, 3.05) is 5.32 Å². The standard InChI is InChI=1S/C14H13N5/c1-2-6-12(7-3-1)16-10-13-17-14(19-18-13)11-5-4-8-15-9-11/h1-9,16H,10H2,(H,17,18,19). The van der Waals surface area contributed by atoms with Gasteiger partial charge >= 0.3 is 0 Å². The molecule has 94 valence electrons. The van der Waals surface area contributed by atoms with E-state index in [9.17, 15) is 0 Å². The van der Waals surface area contributed by atoms with E-state index in [1.165, 1.54) is 0 Å². The summed E-state index contributed by atoms with van der Waals surface area (Å²) in [4.78, 5) is 8.48. The number of pyridine rings is 1. The van der Waals surface area contributed by atoms with Crippen LogP contribution in [0.1, 0.15) is 5.82 Å². The highest BCUT2D eigenvalue weighted by Crippen LogP contribution is 2.12. The van der Waals surface area contributed by atoms with Crippen LogP contribution in [0.5, 0.6) is 0 Å². The highest BCUT2D eigenvalue weighted by atomic mass is 15.2. The topological polar surface area (TPSA) is 66.5 Å². The molecular weight excluding hydrogens is 238 g/mol. The fourth-order valence-corrected chi connectivity index (χ4v) is 1.74. The van der Waals surface area contributed by atoms with E-state index in [4.69, 9.17) is 0 Å². The molecule has 19 heavy (non-hydrogen) atoms. The van der Waals surface area contributed by atoms with Crippen LogP contribution in [0.2, 0.25) is 0 Å². The third-order valence-corrected chi connectivity index (χ3v) is 2.69. The molecule has 0 aliphatic carbocycles. The molecule has 0 aliphatic rings. The highest BCUT2D eigenvalue weighted by Gasteiger charge is 2.05. The number of aromatic nitrogens is 4. The van der Waals surface area contributed by atoms with Crippen LogP contribution < -0.4 is 5.32 Å². The maximum atomic E-state index is 4.43. The Hall–Kier alpha value is -2.69. The molecule has 0 bridgehead atoms. The quantitative estimate of drug-likeness (QED) is 0.747. The third kappa shape index (κ3) is 2.77. The van der Waals surface area contributed by atoms with Crippen molar-refractivity contribution in [1.29, 1.82) is 0 Å². The fourth-order valence-electron chi connectivity index (χ4n) is 1.74. The Labute approximate surface area is 110 Å². The van der Waals surface area contributed by atoms with Gasteiger partial charge in [0, 0.05) is 23.6 Å². The monoisotopic (exact) mass is 251 g/mol. The second-order valence-electron chi connectivity index (χ2n) is 4.07. The van der Waals surface area contributed by atoms with Crippen LogP contribution in [-0.4, -0.2) is 20.2 Å². The summed E-state index contributed by atoms with van der Waals surface area (Å²) in [6, 6.07) is 13.8. The first-order valence-corrected chi connectivity index (χ1v) is 6.02. The molecular formula is C14H13N5. The molecule has 0 radical (unpaired) electrons. The van der Waals surface area contributed by atoms with E-state index in [0.717, 1.165) is 17.1 Å². The van der Waals surface area contributed by atoms with E-state index < -0.39 is 0 Å². The normalized spacial score (nSPS) is 10.3. The molecule has 0 aliphatic heterocycles. The molecule has 0 fully saturated rings. The molecule has 5 nitrogen and oxygen atoms in total. The van der Waals surface area contributed by atoms with Crippen LogP contribution in [0.4, 0.5) is 5.69 Å². The molecule has 3 rings (SSSR count). The maximum Gasteiger partial charge on any atom is 0.182 e. The molecule has 0 saturated carbocycles. The van der Waals surface area contributed by atoms with E-state index in [1.807, 2.05) is 42.5 Å². The number of nitrogens with zero attached hydrogens (tertiary/aromatic N) is 3. The lowest BCUT2D eigenvalue weighted by Gasteiger charge is -2.02. The predicted molar refractivity (Wildman–Crippen MR) is 73.4 cm³/mol. The van der Waals surface area contributed by atoms with Crippen molar-refractivity contribution in [3.8, 4) is 11.4 Å². The number of aromatic amines is 1. The summed E-state index contributed by atoms with van der Waals surface area (Å²) in [5.74, 6) is 1.46. The maximum absolute atomic E-state index is 4.43. The first kappa shape index (κ1) is 11.4. The van der Waals surface area contributed by atoms with E-state index in [2.05, 4.69) is 25.5 Å². The Balaban J connectivity index is 1.69. The van der Waals surface area contributed by atoms with Gasteiger partial charge in [0.2, 0.25) is 0 Å². The lowest BCUT2D eigenvalue weighted by Crippen LogP contribution is -2.00. The van der Waals surface area contributed by atoms with Gasteiger partial charge in [-0.2, -0.15) is 5.10 Å². The average molecular weight is 251 g/mol. The van der Waals surface area contributed by atoms with Gasteiger partial charge in [0.25, 0.3) is 0 Å². The van der Waals surface area contributed by atoms with Crippen molar-refractivity contribution in [3.05, 3.63) is 60.7 Å². The Morgan fingerprint density at radius 1 is 1.05 bits per heavy atom. The molecule has 2 heterocycles. The molecule has 0 saturated heterocycles. The van der Waals surface area contributed by atoms with Crippen LogP contribution in [0.25, 0.3) is 11.4 Å². The van der Waals surface area contributed by atoms with Crippen molar-refractivity contribution in [1.82, 2.24) is 20.2 Å². The summed E-state index contributed by atoms with van der Waals surface area (Å²) < 4.78 is 0. The van der Waals surface area contributed by atoms with Crippen molar-refractivity contribution in [2.24, 2.45) is 0 Å². The Bertz CT molecular complexity index is 633. The minimum absolute atomic E-state index is 0.608. The molecule has 0 atom stereocenters. The van der Waals surface area contributed by atoms with Gasteiger partial charge in [-0.15, -0.1) is 0 Å². The summed E-state index contributed by atoms with van der Waals surface area (Å²) in [6.45, 7) is 0.608. The number of hydrogen-bond acceptors (Lipinski definition) is 4. The zero-order valence-electron chi connectivity index (χ0n) is 10.2. The lowest BCUT2D eigenvalue weighted by molar-refractivity contribution is 0.955. The molecule has 2 N–H and O–H groups in total. The van der Waals surface area contributed by atoms with Gasteiger partial charge in [0.05, 0.1) is 6.54 Å². The molecule has 0 unspecified atom stereocenters. The summed E-state index contributed by atoms with van der Waals surface area (Å²) >= 11 is 0. The van der Waals surface area contributed by atoms with Crippen molar-refractivity contribution < 1.29 is 0 Å². The summed E-state index contributed by atoms with van der Waals surface area (Å²) in [5.41, 5.74) is 1.96. The van der Waals surface area contributed by atoms with Gasteiger partial charge in [-0.25, -0.2) is 4.98 Å². The Morgan fingerprint density at radius 3 is 2.74 bits per heavy atom. The van der Waals surface area contributed by atoms with E-state index in [1.54, 1.807) is 12.4 Å². The molecule has 0 amide bonds. The van der Waals surface area contributed by atoms with Crippen molar-refractivity contribution in [3.63, 3.8) is 0 Å². The SMILES string of the molecule is c1ccc(NCc2nc(-c3cccnc3)n[nH]2)cc1. The Kier molecular flexibility index (Phi) is 3.18. The zero-order chi connectivity index (χ0) is 12.9. The minimum Gasteiger partial charge on any atom is -0.378 e.